The summed E-state index contributed by atoms with van der Waals surface area (Å²) in [5.74, 6) is -0.111. The lowest BCUT2D eigenvalue weighted by atomic mass is 10.1. The first-order valence-electron chi connectivity index (χ1n) is 13.7. The van der Waals surface area contributed by atoms with E-state index in [0.29, 0.717) is 46.1 Å². The standard InChI is InChI=1S/C27H54O5/c1-3-5-7-9-11-12-13-14-16-18-20-29-21-22-30-23-24-31-25-26-32-27(28)19-17-15-10-8-6-4-2/h3-26H2,1-2H3. The van der Waals surface area contributed by atoms with Crippen LogP contribution >= 0.6 is 0 Å². The van der Waals surface area contributed by atoms with Crippen molar-refractivity contribution in [3.05, 3.63) is 0 Å². The van der Waals surface area contributed by atoms with Crippen molar-refractivity contribution < 1.29 is 23.7 Å². The number of carbonyl (C=O) groups excluding carboxylic acids is 1. The highest BCUT2D eigenvalue weighted by atomic mass is 16.6. The Morgan fingerprint density at radius 3 is 1.31 bits per heavy atom. The van der Waals surface area contributed by atoms with Gasteiger partial charge in [-0.1, -0.05) is 104 Å². The van der Waals surface area contributed by atoms with Crippen molar-refractivity contribution in [3.63, 3.8) is 0 Å². The van der Waals surface area contributed by atoms with Gasteiger partial charge in [0, 0.05) is 13.0 Å². The van der Waals surface area contributed by atoms with Gasteiger partial charge in [0.15, 0.2) is 0 Å². The first-order chi connectivity index (χ1) is 15.8. The van der Waals surface area contributed by atoms with E-state index in [-0.39, 0.29) is 5.97 Å². The van der Waals surface area contributed by atoms with Crippen LogP contribution in [-0.4, -0.2) is 52.2 Å². The Morgan fingerprint density at radius 2 is 0.812 bits per heavy atom. The Balaban J connectivity index is 3.09. The van der Waals surface area contributed by atoms with Gasteiger partial charge in [-0.2, -0.15) is 0 Å². The van der Waals surface area contributed by atoms with Gasteiger partial charge in [0.05, 0.1) is 33.0 Å². The predicted octanol–water partition coefficient (Wildman–Crippen LogP) is 7.25. The van der Waals surface area contributed by atoms with Crippen LogP contribution in [0.15, 0.2) is 0 Å². The van der Waals surface area contributed by atoms with Crippen molar-refractivity contribution >= 4 is 5.97 Å². The molecule has 5 nitrogen and oxygen atoms in total. The van der Waals surface area contributed by atoms with Gasteiger partial charge in [0.1, 0.15) is 6.61 Å². The lowest BCUT2D eigenvalue weighted by Gasteiger charge is -2.08. The van der Waals surface area contributed by atoms with E-state index in [2.05, 4.69) is 13.8 Å². The molecule has 0 aromatic rings. The highest BCUT2D eigenvalue weighted by Gasteiger charge is 2.02. The van der Waals surface area contributed by atoms with Gasteiger partial charge in [-0.05, 0) is 12.8 Å². The van der Waals surface area contributed by atoms with Gasteiger partial charge < -0.3 is 18.9 Å². The fourth-order valence-corrected chi connectivity index (χ4v) is 3.57. The molecular weight excluding hydrogens is 404 g/mol. The number of carbonyl (C=O) groups is 1. The van der Waals surface area contributed by atoms with Gasteiger partial charge in [-0.3, -0.25) is 4.79 Å². The van der Waals surface area contributed by atoms with Crippen LogP contribution in [0, 0.1) is 0 Å². The molecular formula is C27H54O5. The largest absolute Gasteiger partial charge is 0.463 e. The number of ether oxygens (including phenoxy) is 4. The minimum absolute atomic E-state index is 0.111. The number of esters is 1. The highest BCUT2D eigenvalue weighted by molar-refractivity contribution is 5.69. The molecule has 0 unspecified atom stereocenters. The van der Waals surface area contributed by atoms with E-state index in [0.717, 1.165) is 25.9 Å². The van der Waals surface area contributed by atoms with E-state index in [1.807, 2.05) is 0 Å². The van der Waals surface area contributed by atoms with Crippen LogP contribution in [0.3, 0.4) is 0 Å². The van der Waals surface area contributed by atoms with E-state index in [1.54, 1.807) is 0 Å². The summed E-state index contributed by atoms with van der Waals surface area (Å²) in [7, 11) is 0. The maximum absolute atomic E-state index is 11.6. The van der Waals surface area contributed by atoms with Crippen molar-refractivity contribution in [3.8, 4) is 0 Å². The molecule has 0 aromatic carbocycles. The monoisotopic (exact) mass is 458 g/mol. The molecule has 0 N–H and O–H groups in total. The van der Waals surface area contributed by atoms with Crippen molar-refractivity contribution in [1.82, 2.24) is 0 Å². The maximum Gasteiger partial charge on any atom is 0.305 e. The third-order valence-corrected chi connectivity index (χ3v) is 5.61. The van der Waals surface area contributed by atoms with Gasteiger partial charge in [0.2, 0.25) is 0 Å². The molecule has 32 heavy (non-hydrogen) atoms. The average molecular weight is 459 g/mol. The van der Waals surface area contributed by atoms with Gasteiger partial charge >= 0.3 is 5.97 Å². The Labute approximate surface area is 199 Å². The molecule has 0 saturated carbocycles. The molecule has 5 heteroatoms. The first-order valence-corrected chi connectivity index (χ1v) is 13.7. The van der Waals surface area contributed by atoms with Crippen molar-refractivity contribution in [2.75, 3.05) is 46.2 Å². The third kappa shape index (κ3) is 27.4. The summed E-state index contributed by atoms with van der Waals surface area (Å²) in [6.07, 6.45) is 21.1. The maximum atomic E-state index is 11.6. The summed E-state index contributed by atoms with van der Waals surface area (Å²) in [4.78, 5) is 11.6. The molecule has 0 rings (SSSR count). The molecule has 0 amide bonds. The predicted molar refractivity (Wildman–Crippen MR) is 133 cm³/mol. The quantitative estimate of drug-likeness (QED) is 0.0958. The average Bonchev–Trinajstić information content (AvgIpc) is 2.80. The molecule has 0 atom stereocenters. The molecule has 0 heterocycles. The van der Waals surface area contributed by atoms with Crippen LogP contribution in [0.25, 0.3) is 0 Å². The summed E-state index contributed by atoms with van der Waals surface area (Å²) < 4.78 is 21.7. The smallest absolute Gasteiger partial charge is 0.305 e. The van der Waals surface area contributed by atoms with E-state index in [9.17, 15) is 4.79 Å². The zero-order valence-electron chi connectivity index (χ0n) is 21.5. The third-order valence-electron chi connectivity index (χ3n) is 5.61. The summed E-state index contributed by atoms with van der Waals surface area (Å²) in [5, 5.41) is 0. The SMILES string of the molecule is CCCCCCCCCCCCOCCOCCOCCOC(=O)CCCCCCCC. The molecule has 0 fully saturated rings. The Hall–Kier alpha value is -0.650. The van der Waals surface area contributed by atoms with Gasteiger partial charge in [-0.25, -0.2) is 0 Å². The summed E-state index contributed by atoms with van der Waals surface area (Å²) >= 11 is 0. The normalized spacial score (nSPS) is 11.2. The Kier molecular flexibility index (Phi) is 27.8. The molecule has 0 aliphatic carbocycles. The molecule has 0 aliphatic rings. The highest BCUT2D eigenvalue weighted by Crippen LogP contribution is 2.10. The van der Waals surface area contributed by atoms with Crippen molar-refractivity contribution in [2.24, 2.45) is 0 Å². The molecule has 0 saturated heterocycles. The topological polar surface area (TPSA) is 54.0 Å². The minimum atomic E-state index is -0.111. The van der Waals surface area contributed by atoms with Crippen LogP contribution in [0.5, 0.6) is 0 Å². The van der Waals surface area contributed by atoms with Gasteiger partial charge in [0.25, 0.3) is 0 Å². The van der Waals surface area contributed by atoms with Crippen LogP contribution in [0.4, 0.5) is 0 Å². The zero-order valence-corrected chi connectivity index (χ0v) is 21.5. The lowest BCUT2D eigenvalue weighted by molar-refractivity contribution is -0.145. The lowest BCUT2D eigenvalue weighted by Crippen LogP contribution is -2.14. The van der Waals surface area contributed by atoms with Gasteiger partial charge in [-0.15, -0.1) is 0 Å². The number of hydrogen-bond donors (Lipinski definition) is 0. The van der Waals surface area contributed by atoms with Crippen LogP contribution in [0.2, 0.25) is 0 Å². The minimum Gasteiger partial charge on any atom is -0.463 e. The Morgan fingerprint density at radius 1 is 0.438 bits per heavy atom. The second-order valence-corrected chi connectivity index (χ2v) is 8.76. The fourth-order valence-electron chi connectivity index (χ4n) is 3.57. The van der Waals surface area contributed by atoms with E-state index < -0.39 is 0 Å². The molecule has 192 valence electrons. The summed E-state index contributed by atoms with van der Waals surface area (Å²) in [6, 6.07) is 0. The number of rotatable bonds is 27. The molecule has 0 aliphatic heterocycles. The van der Waals surface area contributed by atoms with Crippen LogP contribution in [-0.2, 0) is 23.7 Å². The molecule has 0 aromatic heterocycles. The van der Waals surface area contributed by atoms with Crippen molar-refractivity contribution in [2.45, 2.75) is 123 Å². The second-order valence-electron chi connectivity index (χ2n) is 8.76. The number of hydrogen-bond acceptors (Lipinski definition) is 5. The molecule has 0 spiro atoms. The Bertz CT molecular complexity index is 362. The number of unbranched alkanes of at least 4 members (excludes halogenated alkanes) is 14. The van der Waals surface area contributed by atoms with Crippen LogP contribution in [0.1, 0.15) is 123 Å². The van der Waals surface area contributed by atoms with Crippen LogP contribution < -0.4 is 0 Å². The first kappa shape index (κ1) is 31.4. The summed E-state index contributed by atoms with van der Waals surface area (Å²) in [5.41, 5.74) is 0. The molecule has 0 radical (unpaired) electrons. The zero-order chi connectivity index (χ0) is 23.4. The molecule has 0 bridgehead atoms. The van der Waals surface area contributed by atoms with E-state index >= 15 is 0 Å². The van der Waals surface area contributed by atoms with E-state index in [4.69, 9.17) is 18.9 Å². The van der Waals surface area contributed by atoms with Crippen molar-refractivity contribution in [1.29, 1.82) is 0 Å². The summed E-state index contributed by atoms with van der Waals surface area (Å²) in [6.45, 7) is 8.39. The second kappa shape index (κ2) is 28.4. The van der Waals surface area contributed by atoms with E-state index in [1.165, 1.54) is 83.5 Å². The fraction of sp³-hybridized carbons (Fsp3) is 0.963.